The summed E-state index contributed by atoms with van der Waals surface area (Å²) in [6.07, 6.45) is 0.949. The van der Waals surface area contributed by atoms with Crippen molar-refractivity contribution < 1.29 is 4.74 Å². The molecule has 0 spiro atoms. The second kappa shape index (κ2) is 6.09. The molecule has 4 nitrogen and oxygen atoms in total. The molecule has 0 fully saturated rings. The number of aryl methyl sites for hydroxylation is 3. The predicted molar refractivity (Wildman–Crippen MR) is 81.0 cm³/mol. The lowest BCUT2D eigenvalue weighted by Crippen LogP contribution is -2.09. The van der Waals surface area contributed by atoms with E-state index in [1.54, 1.807) is 7.11 Å². The Morgan fingerprint density at radius 1 is 1.25 bits per heavy atom. The third-order valence-corrected chi connectivity index (χ3v) is 3.66. The average Bonchev–Trinajstić information content (AvgIpc) is 2.71. The van der Waals surface area contributed by atoms with Crippen LogP contribution in [0.3, 0.4) is 0 Å². The first-order chi connectivity index (χ1) is 9.52. The molecule has 2 aromatic rings. The van der Waals surface area contributed by atoms with E-state index < -0.39 is 0 Å². The van der Waals surface area contributed by atoms with Crippen LogP contribution >= 0.6 is 0 Å². The Morgan fingerprint density at radius 3 is 2.40 bits per heavy atom. The van der Waals surface area contributed by atoms with Crippen LogP contribution in [0.15, 0.2) is 24.3 Å². The third kappa shape index (κ3) is 3.02. The molecule has 108 valence electrons. The Kier molecular flexibility index (Phi) is 4.45. The maximum absolute atomic E-state index is 6.00. The van der Waals surface area contributed by atoms with E-state index >= 15 is 0 Å². The molecule has 20 heavy (non-hydrogen) atoms. The second-order valence-electron chi connectivity index (χ2n) is 5.19. The van der Waals surface area contributed by atoms with Crippen LogP contribution < -0.4 is 10.5 Å². The van der Waals surface area contributed by atoms with Crippen molar-refractivity contribution in [3.63, 3.8) is 0 Å². The molecule has 0 aliphatic heterocycles. The zero-order valence-electron chi connectivity index (χ0n) is 12.7. The highest BCUT2D eigenvalue weighted by Crippen LogP contribution is 2.20. The minimum atomic E-state index is 0.0322. The van der Waals surface area contributed by atoms with E-state index in [1.165, 1.54) is 16.8 Å². The van der Waals surface area contributed by atoms with Gasteiger partial charge in [0.1, 0.15) is 5.75 Å². The molecule has 2 N–H and O–H groups in total. The van der Waals surface area contributed by atoms with Gasteiger partial charge in [-0.05, 0) is 44.9 Å². The molecule has 0 aliphatic rings. The summed E-state index contributed by atoms with van der Waals surface area (Å²) in [5.41, 5.74) is 10.7. The van der Waals surface area contributed by atoms with Crippen molar-refractivity contribution in [1.82, 2.24) is 9.78 Å². The van der Waals surface area contributed by atoms with Crippen LogP contribution in [0.25, 0.3) is 0 Å². The van der Waals surface area contributed by atoms with Crippen LogP contribution in [0.1, 0.15) is 35.5 Å². The molecule has 0 saturated heterocycles. The van der Waals surface area contributed by atoms with Crippen LogP contribution in [0.4, 0.5) is 0 Å². The molecule has 0 saturated carbocycles. The molecule has 0 bridgehead atoms. The van der Waals surface area contributed by atoms with Crippen molar-refractivity contribution in [2.45, 2.75) is 39.8 Å². The van der Waals surface area contributed by atoms with E-state index in [0.29, 0.717) is 0 Å². The molecule has 1 heterocycles. The van der Waals surface area contributed by atoms with E-state index in [4.69, 9.17) is 10.5 Å². The fraction of sp³-hybridized carbons (Fsp3) is 0.438. The zero-order chi connectivity index (χ0) is 14.7. The number of nitrogens with two attached hydrogens (primary N) is 1. The van der Waals surface area contributed by atoms with Crippen LogP contribution in [0, 0.1) is 13.8 Å². The normalized spacial score (nSPS) is 12.4. The smallest absolute Gasteiger partial charge is 0.118 e. The average molecular weight is 273 g/mol. The fourth-order valence-corrected chi connectivity index (χ4v) is 2.61. The van der Waals surface area contributed by atoms with Crippen molar-refractivity contribution in [3.05, 3.63) is 46.8 Å². The highest BCUT2D eigenvalue weighted by Gasteiger charge is 2.14. The number of hydrogen-bond donors (Lipinski definition) is 1. The first-order valence-electron chi connectivity index (χ1n) is 6.95. The Morgan fingerprint density at radius 2 is 1.90 bits per heavy atom. The van der Waals surface area contributed by atoms with Crippen LogP contribution in [-0.2, 0) is 13.0 Å². The van der Waals surface area contributed by atoms with Gasteiger partial charge in [-0.25, -0.2) is 0 Å². The van der Waals surface area contributed by atoms with E-state index in [2.05, 4.69) is 28.8 Å². The van der Waals surface area contributed by atoms with Crippen molar-refractivity contribution in [2.75, 3.05) is 7.11 Å². The second-order valence-corrected chi connectivity index (χ2v) is 5.19. The molecule has 4 heteroatoms. The minimum absolute atomic E-state index is 0.0322. The van der Waals surface area contributed by atoms with Gasteiger partial charge in [-0.1, -0.05) is 12.1 Å². The first kappa shape index (κ1) is 14.6. The molecule has 2 rings (SSSR count). The van der Waals surface area contributed by atoms with Gasteiger partial charge in [-0.3, -0.25) is 4.68 Å². The van der Waals surface area contributed by atoms with Gasteiger partial charge in [0.2, 0.25) is 0 Å². The SMILES string of the molecule is COc1ccc(CCn2nc(C)c(C(C)N)c2C)cc1. The fourth-order valence-electron chi connectivity index (χ4n) is 2.61. The number of hydrogen-bond acceptors (Lipinski definition) is 3. The third-order valence-electron chi connectivity index (χ3n) is 3.66. The number of aromatic nitrogens is 2. The van der Waals surface area contributed by atoms with Crippen LogP contribution in [0.5, 0.6) is 5.75 Å². The van der Waals surface area contributed by atoms with E-state index in [0.717, 1.165) is 24.4 Å². The molecular formula is C16H23N3O. The standard InChI is InChI=1S/C16H23N3O/c1-11(17)16-12(2)18-19(13(16)3)10-9-14-5-7-15(20-4)8-6-14/h5-8,11H,9-10,17H2,1-4H3. The number of methoxy groups -OCH3 is 1. The number of benzene rings is 1. The van der Waals surface area contributed by atoms with Gasteiger partial charge in [-0.15, -0.1) is 0 Å². The Hall–Kier alpha value is -1.81. The summed E-state index contributed by atoms with van der Waals surface area (Å²) < 4.78 is 7.22. The summed E-state index contributed by atoms with van der Waals surface area (Å²) in [6, 6.07) is 8.20. The highest BCUT2D eigenvalue weighted by molar-refractivity contribution is 5.29. The monoisotopic (exact) mass is 273 g/mol. The van der Waals surface area contributed by atoms with Gasteiger partial charge in [0.25, 0.3) is 0 Å². The van der Waals surface area contributed by atoms with E-state index in [1.807, 2.05) is 26.0 Å². The Balaban J connectivity index is 2.09. The topological polar surface area (TPSA) is 53.1 Å². The van der Waals surface area contributed by atoms with Gasteiger partial charge in [0, 0.05) is 23.8 Å². The molecule has 0 amide bonds. The van der Waals surface area contributed by atoms with E-state index in [-0.39, 0.29) is 6.04 Å². The minimum Gasteiger partial charge on any atom is -0.497 e. The summed E-state index contributed by atoms with van der Waals surface area (Å²) >= 11 is 0. The summed E-state index contributed by atoms with van der Waals surface area (Å²) in [5, 5.41) is 4.59. The molecular weight excluding hydrogens is 250 g/mol. The molecule has 1 unspecified atom stereocenters. The molecule has 1 aromatic heterocycles. The number of rotatable bonds is 5. The van der Waals surface area contributed by atoms with Crippen LogP contribution in [-0.4, -0.2) is 16.9 Å². The first-order valence-corrected chi connectivity index (χ1v) is 6.95. The number of nitrogens with zero attached hydrogens (tertiary/aromatic N) is 2. The lowest BCUT2D eigenvalue weighted by Gasteiger charge is -2.08. The molecule has 1 aromatic carbocycles. The highest BCUT2D eigenvalue weighted by atomic mass is 16.5. The lowest BCUT2D eigenvalue weighted by molar-refractivity contribution is 0.414. The maximum atomic E-state index is 6.00. The largest absolute Gasteiger partial charge is 0.497 e. The molecule has 0 radical (unpaired) electrons. The number of ether oxygens (including phenoxy) is 1. The Labute approximate surface area is 120 Å². The van der Waals surface area contributed by atoms with Crippen molar-refractivity contribution in [1.29, 1.82) is 0 Å². The summed E-state index contributed by atoms with van der Waals surface area (Å²) in [6.45, 7) is 6.98. The maximum Gasteiger partial charge on any atom is 0.118 e. The Bertz CT molecular complexity index is 570. The van der Waals surface area contributed by atoms with Crippen molar-refractivity contribution in [2.24, 2.45) is 5.73 Å². The van der Waals surface area contributed by atoms with Gasteiger partial charge >= 0.3 is 0 Å². The molecule has 0 aliphatic carbocycles. The van der Waals surface area contributed by atoms with Crippen molar-refractivity contribution in [3.8, 4) is 5.75 Å². The van der Waals surface area contributed by atoms with Gasteiger partial charge in [0.15, 0.2) is 0 Å². The van der Waals surface area contributed by atoms with Crippen LogP contribution in [0.2, 0.25) is 0 Å². The molecule has 1 atom stereocenters. The summed E-state index contributed by atoms with van der Waals surface area (Å²) in [4.78, 5) is 0. The van der Waals surface area contributed by atoms with Gasteiger partial charge < -0.3 is 10.5 Å². The quantitative estimate of drug-likeness (QED) is 0.911. The lowest BCUT2D eigenvalue weighted by atomic mass is 10.1. The van der Waals surface area contributed by atoms with E-state index in [9.17, 15) is 0 Å². The zero-order valence-corrected chi connectivity index (χ0v) is 12.7. The summed E-state index contributed by atoms with van der Waals surface area (Å²) in [7, 11) is 1.68. The summed E-state index contributed by atoms with van der Waals surface area (Å²) in [5.74, 6) is 0.888. The van der Waals surface area contributed by atoms with Crippen molar-refractivity contribution >= 4 is 0 Å². The van der Waals surface area contributed by atoms with Gasteiger partial charge in [0.05, 0.1) is 12.8 Å². The predicted octanol–water partition coefficient (Wildman–Crippen LogP) is 2.77. The van der Waals surface area contributed by atoms with Gasteiger partial charge in [-0.2, -0.15) is 5.10 Å².